The van der Waals surface area contributed by atoms with Crippen LogP contribution in [0.15, 0.2) is 90.5 Å². The van der Waals surface area contributed by atoms with E-state index in [0.717, 1.165) is 21.9 Å². The fourth-order valence-electron chi connectivity index (χ4n) is 5.02. The molecule has 1 aliphatic heterocycles. The summed E-state index contributed by atoms with van der Waals surface area (Å²) in [6, 6.07) is 25.1. The summed E-state index contributed by atoms with van der Waals surface area (Å²) < 4.78 is 11.5. The van der Waals surface area contributed by atoms with Gasteiger partial charge in [0.2, 0.25) is 0 Å². The molecule has 6 nitrogen and oxygen atoms in total. The monoisotopic (exact) mass is 507 g/mol. The number of fused-ring (bicyclic) bond motifs is 1. The molecular formula is C32H29NO5. The molecule has 0 aliphatic carbocycles. The number of aliphatic hydroxyl groups excluding tert-OH is 1. The Morgan fingerprint density at radius 2 is 1.55 bits per heavy atom. The van der Waals surface area contributed by atoms with Gasteiger partial charge in [0, 0.05) is 17.3 Å². The number of anilines is 1. The van der Waals surface area contributed by atoms with Crippen LogP contribution in [0.25, 0.3) is 16.5 Å². The van der Waals surface area contributed by atoms with Crippen LogP contribution in [0.2, 0.25) is 0 Å². The summed E-state index contributed by atoms with van der Waals surface area (Å²) in [4.78, 5) is 28.7. The average molecular weight is 508 g/mol. The minimum Gasteiger partial charge on any atom is -0.507 e. The molecule has 0 spiro atoms. The zero-order chi connectivity index (χ0) is 26.8. The van der Waals surface area contributed by atoms with Gasteiger partial charge in [0.15, 0.2) is 11.5 Å². The van der Waals surface area contributed by atoms with Crippen LogP contribution in [0.5, 0.6) is 11.5 Å². The van der Waals surface area contributed by atoms with Gasteiger partial charge in [-0.15, -0.1) is 0 Å². The molecule has 1 atom stereocenters. The summed E-state index contributed by atoms with van der Waals surface area (Å²) in [5, 5.41) is 13.4. The highest BCUT2D eigenvalue weighted by molar-refractivity contribution is 6.51. The van der Waals surface area contributed by atoms with Crippen molar-refractivity contribution in [2.24, 2.45) is 0 Å². The van der Waals surface area contributed by atoms with Crippen LogP contribution < -0.4 is 14.4 Å². The second-order valence-electron chi connectivity index (χ2n) is 9.11. The summed E-state index contributed by atoms with van der Waals surface area (Å²) in [5.41, 5.74) is 2.71. The fraction of sp³-hybridized carbons (Fsp3) is 0.188. The number of ketones is 1. The highest BCUT2D eigenvalue weighted by atomic mass is 16.5. The van der Waals surface area contributed by atoms with Gasteiger partial charge in [-0.25, -0.2) is 0 Å². The van der Waals surface area contributed by atoms with Crippen molar-refractivity contribution in [2.45, 2.75) is 26.8 Å². The van der Waals surface area contributed by atoms with Gasteiger partial charge >= 0.3 is 0 Å². The number of amides is 1. The Bertz CT molecular complexity index is 1570. The van der Waals surface area contributed by atoms with Crippen molar-refractivity contribution in [2.75, 3.05) is 18.1 Å². The summed E-state index contributed by atoms with van der Waals surface area (Å²) >= 11 is 0. The predicted octanol–water partition coefficient (Wildman–Crippen LogP) is 6.57. The molecule has 1 saturated heterocycles. The Balaban J connectivity index is 1.74. The van der Waals surface area contributed by atoms with E-state index in [1.165, 1.54) is 4.90 Å². The molecule has 1 unspecified atom stereocenters. The van der Waals surface area contributed by atoms with E-state index in [-0.39, 0.29) is 11.3 Å². The first-order valence-electron chi connectivity index (χ1n) is 12.7. The second-order valence-corrected chi connectivity index (χ2v) is 9.11. The Morgan fingerprint density at radius 3 is 2.32 bits per heavy atom. The van der Waals surface area contributed by atoms with Gasteiger partial charge in [0.1, 0.15) is 5.76 Å². The maximum absolute atomic E-state index is 13.6. The van der Waals surface area contributed by atoms with Gasteiger partial charge in [-0.2, -0.15) is 0 Å². The molecule has 1 aliphatic rings. The van der Waals surface area contributed by atoms with E-state index in [1.807, 2.05) is 81.4 Å². The SMILES string of the molecule is CCOc1ccc(N2C(=O)C(=O)/C(=C(\O)c3cccc4ccccc34)C2c2cccc(C)c2)cc1OCC. The van der Waals surface area contributed by atoms with Crippen molar-refractivity contribution in [1.82, 2.24) is 0 Å². The smallest absolute Gasteiger partial charge is 0.300 e. The van der Waals surface area contributed by atoms with E-state index >= 15 is 0 Å². The predicted molar refractivity (Wildman–Crippen MR) is 149 cm³/mol. The maximum Gasteiger partial charge on any atom is 0.300 e. The molecule has 1 heterocycles. The van der Waals surface area contributed by atoms with E-state index < -0.39 is 17.7 Å². The van der Waals surface area contributed by atoms with E-state index in [1.54, 1.807) is 24.3 Å². The number of aliphatic hydroxyl groups is 1. The van der Waals surface area contributed by atoms with Crippen LogP contribution in [0.3, 0.4) is 0 Å². The topological polar surface area (TPSA) is 76.1 Å². The molecule has 6 heteroatoms. The normalized spacial score (nSPS) is 16.7. The molecule has 0 aromatic heterocycles. The number of carbonyl (C=O) groups is 2. The van der Waals surface area contributed by atoms with Crippen molar-refractivity contribution in [3.05, 3.63) is 107 Å². The lowest BCUT2D eigenvalue weighted by Gasteiger charge is -2.26. The van der Waals surface area contributed by atoms with Crippen molar-refractivity contribution in [1.29, 1.82) is 0 Å². The molecule has 1 fully saturated rings. The molecule has 4 aromatic carbocycles. The number of Topliss-reactive ketones (excluding diaryl/α,β-unsaturated/α-hetero) is 1. The van der Waals surface area contributed by atoms with Crippen molar-refractivity contribution in [3.63, 3.8) is 0 Å². The zero-order valence-corrected chi connectivity index (χ0v) is 21.6. The van der Waals surface area contributed by atoms with Crippen LogP contribution in [-0.2, 0) is 9.59 Å². The quantitative estimate of drug-likeness (QED) is 0.174. The molecule has 0 saturated carbocycles. The van der Waals surface area contributed by atoms with E-state index in [9.17, 15) is 14.7 Å². The Kier molecular flexibility index (Phi) is 6.88. The summed E-state index contributed by atoms with van der Waals surface area (Å²) in [6.45, 7) is 6.56. The minimum atomic E-state index is -0.832. The summed E-state index contributed by atoms with van der Waals surface area (Å²) in [7, 11) is 0. The molecule has 192 valence electrons. The molecule has 38 heavy (non-hydrogen) atoms. The molecule has 5 rings (SSSR count). The van der Waals surface area contributed by atoms with Gasteiger partial charge in [0.05, 0.1) is 24.8 Å². The van der Waals surface area contributed by atoms with E-state index in [0.29, 0.717) is 36.0 Å². The van der Waals surface area contributed by atoms with E-state index in [4.69, 9.17) is 9.47 Å². The second kappa shape index (κ2) is 10.4. The Labute approximate surface area is 221 Å². The van der Waals surface area contributed by atoms with Crippen molar-refractivity contribution in [3.8, 4) is 11.5 Å². The van der Waals surface area contributed by atoms with Gasteiger partial charge in [-0.3, -0.25) is 14.5 Å². The number of rotatable bonds is 7. The molecule has 1 amide bonds. The van der Waals surface area contributed by atoms with Gasteiger partial charge in [-0.1, -0.05) is 72.3 Å². The van der Waals surface area contributed by atoms with Crippen molar-refractivity contribution < 1.29 is 24.2 Å². The van der Waals surface area contributed by atoms with E-state index in [2.05, 4.69) is 0 Å². The van der Waals surface area contributed by atoms with Crippen LogP contribution in [0.1, 0.15) is 36.6 Å². The van der Waals surface area contributed by atoms with Crippen molar-refractivity contribution >= 4 is 33.9 Å². The third kappa shape index (κ3) is 4.39. The van der Waals surface area contributed by atoms with Gasteiger partial charge in [0.25, 0.3) is 11.7 Å². The zero-order valence-electron chi connectivity index (χ0n) is 21.6. The molecule has 0 bridgehead atoms. The van der Waals surface area contributed by atoms with Crippen LogP contribution >= 0.6 is 0 Å². The van der Waals surface area contributed by atoms with Crippen LogP contribution in [0.4, 0.5) is 5.69 Å². The standard InChI is InChI=1S/C32H29NO5/c1-4-37-26-17-16-23(19-27(26)38-5-2)33-29(22-13-8-10-20(3)18-22)28(31(35)32(33)36)30(34)25-15-9-12-21-11-6-7-14-24(21)25/h6-19,29,34H,4-5H2,1-3H3/b30-28-. The average Bonchev–Trinajstić information content (AvgIpc) is 3.19. The maximum atomic E-state index is 13.6. The lowest BCUT2D eigenvalue weighted by molar-refractivity contribution is -0.132. The molecular weight excluding hydrogens is 478 g/mol. The first kappa shape index (κ1) is 25.1. The number of carbonyl (C=O) groups excluding carboxylic acids is 2. The van der Waals surface area contributed by atoms with Gasteiger partial charge < -0.3 is 14.6 Å². The minimum absolute atomic E-state index is 0.0452. The lowest BCUT2D eigenvalue weighted by Crippen LogP contribution is -2.29. The van der Waals surface area contributed by atoms with Crippen LogP contribution in [-0.4, -0.2) is 30.0 Å². The number of nitrogens with zero attached hydrogens (tertiary/aromatic N) is 1. The third-order valence-corrected chi connectivity index (χ3v) is 6.65. The largest absolute Gasteiger partial charge is 0.507 e. The summed E-state index contributed by atoms with van der Waals surface area (Å²) in [6.07, 6.45) is 0. The third-order valence-electron chi connectivity index (χ3n) is 6.65. The number of ether oxygens (including phenoxy) is 2. The van der Waals surface area contributed by atoms with Crippen LogP contribution in [0, 0.1) is 6.92 Å². The first-order chi connectivity index (χ1) is 18.4. The number of hydrogen-bond acceptors (Lipinski definition) is 5. The summed E-state index contributed by atoms with van der Waals surface area (Å²) in [5.74, 6) is -0.632. The highest BCUT2D eigenvalue weighted by Crippen LogP contribution is 2.45. The molecule has 1 N–H and O–H groups in total. The highest BCUT2D eigenvalue weighted by Gasteiger charge is 2.47. The Morgan fingerprint density at radius 1 is 0.842 bits per heavy atom. The Hall–Kier alpha value is -4.58. The fourth-order valence-corrected chi connectivity index (χ4v) is 5.02. The first-order valence-corrected chi connectivity index (χ1v) is 12.7. The number of hydrogen-bond donors (Lipinski definition) is 1. The number of benzene rings is 4. The molecule has 4 aromatic rings. The number of aryl methyl sites for hydroxylation is 1. The lowest BCUT2D eigenvalue weighted by atomic mass is 9.92. The van der Waals surface area contributed by atoms with Gasteiger partial charge in [-0.05, 0) is 49.2 Å². The molecule has 0 radical (unpaired) electrons.